The van der Waals surface area contributed by atoms with Crippen LogP contribution in [0.25, 0.3) is 0 Å². The molecule has 0 aliphatic heterocycles. The smallest absolute Gasteiger partial charge is 0.252 e. The van der Waals surface area contributed by atoms with Gasteiger partial charge < -0.3 is 5.32 Å². The van der Waals surface area contributed by atoms with Crippen molar-refractivity contribution < 1.29 is 4.79 Å². The molecule has 4 nitrogen and oxygen atoms in total. The van der Waals surface area contributed by atoms with Gasteiger partial charge in [-0.2, -0.15) is 5.26 Å². The highest BCUT2D eigenvalue weighted by Crippen LogP contribution is 2.01. The van der Waals surface area contributed by atoms with Crippen LogP contribution in [0.5, 0.6) is 0 Å². The van der Waals surface area contributed by atoms with Crippen molar-refractivity contribution in [2.45, 2.75) is 13.3 Å². The Morgan fingerprint density at radius 2 is 2.50 bits per heavy atom. The molecule has 14 heavy (non-hydrogen) atoms. The van der Waals surface area contributed by atoms with Crippen LogP contribution in [-0.2, 0) is 6.42 Å². The van der Waals surface area contributed by atoms with Gasteiger partial charge in [-0.25, -0.2) is 0 Å². The zero-order valence-electron chi connectivity index (χ0n) is 7.95. The Labute approximate surface area is 82.6 Å². The Kier molecular flexibility index (Phi) is 3.62. The molecule has 72 valence electrons. The Hall–Kier alpha value is -1.89. The lowest BCUT2D eigenvalue weighted by molar-refractivity contribution is 0.0958. The summed E-state index contributed by atoms with van der Waals surface area (Å²) in [6.45, 7) is 2.00. The van der Waals surface area contributed by atoms with Crippen LogP contribution in [0.1, 0.15) is 23.0 Å². The SMILES string of the molecule is CCc1cc(C(=O)NCC#N)ccn1. The minimum absolute atomic E-state index is 0.0304. The fourth-order valence-corrected chi connectivity index (χ4v) is 1.03. The Morgan fingerprint density at radius 1 is 1.71 bits per heavy atom. The Morgan fingerprint density at radius 3 is 3.14 bits per heavy atom. The normalized spacial score (nSPS) is 9.14. The van der Waals surface area contributed by atoms with Crippen molar-refractivity contribution in [3.05, 3.63) is 29.6 Å². The molecule has 1 aromatic rings. The molecule has 1 heterocycles. The first-order valence-electron chi connectivity index (χ1n) is 4.38. The molecule has 0 aliphatic carbocycles. The quantitative estimate of drug-likeness (QED) is 0.718. The van der Waals surface area contributed by atoms with Crippen molar-refractivity contribution in [3.8, 4) is 6.07 Å². The van der Waals surface area contributed by atoms with E-state index in [9.17, 15) is 4.79 Å². The molecule has 0 radical (unpaired) electrons. The first-order valence-corrected chi connectivity index (χ1v) is 4.38. The van der Waals surface area contributed by atoms with E-state index in [4.69, 9.17) is 5.26 Å². The van der Waals surface area contributed by atoms with Crippen molar-refractivity contribution >= 4 is 5.91 Å². The van der Waals surface area contributed by atoms with E-state index in [0.717, 1.165) is 12.1 Å². The van der Waals surface area contributed by atoms with Crippen LogP contribution >= 0.6 is 0 Å². The zero-order valence-corrected chi connectivity index (χ0v) is 7.95. The van der Waals surface area contributed by atoms with Crippen LogP contribution in [0, 0.1) is 11.3 Å². The molecule has 4 heteroatoms. The van der Waals surface area contributed by atoms with Gasteiger partial charge in [0.15, 0.2) is 0 Å². The third-order valence-corrected chi connectivity index (χ3v) is 1.77. The van der Waals surface area contributed by atoms with Crippen LogP contribution in [0.2, 0.25) is 0 Å². The number of pyridine rings is 1. The van der Waals surface area contributed by atoms with Crippen LogP contribution in [0.15, 0.2) is 18.3 Å². The largest absolute Gasteiger partial charge is 0.339 e. The van der Waals surface area contributed by atoms with Crippen molar-refractivity contribution in [2.75, 3.05) is 6.54 Å². The number of aromatic nitrogens is 1. The summed E-state index contributed by atoms with van der Waals surface area (Å²) in [5.74, 6) is -0.233. The van der Waals surface area contributed by atoms with Crippen molar-refractivity contribution in [1.29, 1.82) is 5.26 Å². The van der Waals surface area contributed by atoms with Crippen LogP contribution in [-0.4, -0.2) is 17.4 Å². The topological polar surface area (TPSA) is 65.8 Å². The van der Waals surface area contributed by atoms with Gasteiger partial charge in [-0.15, -0.1) is 0 Å². The van der Waals surface area contributed by atoms with Gasteiger partial charge in [-0.1, -0.05) is 6.92 Å². The first-order chi connectivity index (χ1) is 6.77. The van der Waals surface area contributed by atoms with E-state index in [0.29, 0.717) is 5.56 Å². The van der Waals surface area contributed by atoms with Crippen LogP contribution < -0.4 is 5.32 Å². The molecule has 0 saturated heterocycles. The minimum atomic E-state index is -0.233. The average molecular weight is 189 g/mol. The molecule has 0 unspecified atom stereocenters. The molecular weight excluding hydrogens is 178 g/mol. The third kappa shape index (κ3) is 2.56. The Balaban J connectivity index is 2.75. The summed E-state index contributed by atoms with van der Waals surface area (Å²) in [5.41, 5.74) is 1.42. The van der Waals surface area contributed by atoms with Crippen molar-refractivity contribution in [2.24, 2.45) is 0 Å². The number of carbonyl (C=O) groups excluding carboxylic acids is 1. The van der Waals surface area contributed by atoms with Gasteiger partial charge in [0.05, 0.1) is 6.07 Å². The van der Waals surface area contributed by atoms with Gasteiger partial charge >= 0.3 is 0 Å². The molecule has 1 aromatic heterocycles. The monoisotopic (exact) mass is 189 g/mol. The van der Waals surface area contributed by atoms with E-state index >= 15 is 0 Å². The van der Waals surface area contributed by atoms with E-state index in [-0.39, 0.29) is 12.5 Å². The fraction of sp³-hybridized carbons (Fsp3) is 0.300. The predicted octanol–water partition coefficient (Wildman–Crippen LogP) is 0.897. The molecule has 0 saturated carbocycles. The summed E-state index contributed by atoms with van der Waals surface area (Å²) in [7, 11) is 0. The molecule has 1 rings (SSSR count). The number of aryl methyl sites for hydroxylation is 1. The lowest BCUT2D eigenvalue weighted by Crippen LogP contribution is -2.23. The summed E-state index contributed by atoms with van der Waals surface area (Å²) in [6, 6.07) is 5.21. The number of nitrogens with zero attached hydrogens (tertiary/aromatic N) is 2. The number of hydrogen-bond acceptors (Lipinski definition) is 3. The van der Waals surface area contributed by atoms with Crippen LogP contribution in [0.4, 0.5) is 0 Å². The van der Waals surface area contributed by atoms with Gasteiger partial charge in [-0.05, 0) is 18.6 Å². The molecule has 0 aromatic carbocycles. The first kappa shape index (κ1) is 10.2. The van der Waals surface area contributed by atoms with Gasteiger partial charge in [0.1, 0.15) is 6.54 Å². The van der Waals surface area contributed by atoms with Crippen molar-refractivity contribution in [3.63, 3.8) is 0 Å². The van der Waals surface area contributed by atoms with Gasteiger partial charge in [0.2, 0.25) is 0 Å². The second kappa shape index (κ2) is 4.97. The van der Waals surface area contributed by atoms with Gasteiger partial charge in [-0.3, -0.25) is 9.78 Å². The predicted molar refractivity (Wildman–Crippen MR) is 51.6 cm³/mol. The van der Waals surface area contributed by atoms with E-state index in [1.54, 1.807) is 18.3 Å². The number of amides is 1. The number of nitrogens with one attached hydrogen (secondary N) is 1. The van der Waals surface area contributed by atoms with Crippen LogP contribution in [0.3, 0.4) is 0 Å². The molecule has 0 bridgehead atoms. The lowest BCUT2D eigenvalue weighted by atomic mass is 10.2. The summed E-state index contributed by atoms with van der Waals surface area (Å²) in [5, 5.41) is 10.8. The maximum atomic E-state index is 11.4. The van der Waals surface area contributed by atoms with E-state index in [1.165, 1.54) is 0 Å². The number of nitriles is 1. The highest BCUT2D eigenvalue weighted by atomic mass is 16.1. The third-order valence-electron chi connectivity index (χ3n) is 1.77. The van der Waals surface area contributed by atoms with Crippen molar-refractivity contribution in [1.82, 2.24) is 10.3 Å². The number of rotatable bonds is 3. The molecular formula is C10H11N3O. The second-order valence-corrected chi connectivity index (χ2v) is 2.73. The van der Waals surface area contributed by atoms with E-state index < -0.39 is 0 Å². The molecule has 0 spiro atoms. The average Bonchev–Trinajstić information content (AvgIpc) is 2.26. The maximum Gasteiger partial charge on any atom is 0.252 e. The number of hydrogen-bond donors (Lipinski definition) is 1. The molecule has 0 atom stereocenters. The molecule has 0 aliphatic rings. The maximum absolute atomic E-state index is 11.4. The highest BCUT2D eigenvalue weighted by Gasteiger charge is 2.04. The number of carbonyl (C=O) groups is 1. The lowest BCUT2D eigenvalue weighted by Gasteiger charge is -2.01. The fourth-order valence-electron chi connectivity index (χ4n) is 1.03. The zero-order chi connectivity index (χ0) is 10.4. The minimum Gasteiger partial charge on any atom is -0.339 e. The molecule has 1 amide bonds. The second-order valence-electron chi connectivity index (χ2n) is 2.73. The molecule has 0 fully saturated rings. The van der Waals surface area contributed by atoms with E-state index in [2.05, 4.69) is 10.3 Å². The van der Waals surface area contributed by atoms with E-state index in [1.807, 2.05) is 13.0 Å². The summed E-state index contributed by atoms with van der Waals surface area (Å²) in [4.78, 5) is 15.5. The molecule has 1 N–H and O–H groups in total. The Bertz CT molecular complexity index is 368. The standard InChI is InChI=1S/C10H11N3O/c1-2-9-7-8(3-5-12-9)10(14)13-6-4-11/h3,5,7H,2,6H2,1H3,(H,13,14). The summed E-state index contributed by atoms with van der Waals surface area (Å²) in [6.07, 6.45) is 2.39. The van der Waals surface area contributed by atoms with Gasteiger partial charge in [0.25, 0.3) is 5.91 Å². The summed E-state index contributed by atoms with van der Waals surface area (Å²) < 4.78 is 0. The highest BCUT2D eigenvalue weighted by molar-refractivity contribution is 5.94. The summed E-state index contributed by atoms with van der Waals surface area (Å²) >= 11 is 0. The van der Waals surface area contributed by atoms with Gasteiger partial charge in [0, 0.05) is 17.5 Å².